The third kappa shape index (κ3) is 29.3. The van der Waals surface area contributed by atoms with Gasteiger partial charge in [0.05, 0.1) is 25.9 Å². The van der Waals surface area contributed by atoms with E-state index in [4.69, 9.17) is 31.7 Å². The quantitative estimate of drug-likeness (QED) is 0.0639. The largest absolute Gasteiger partial charge is 0.400 e. The van der Waals surface area contributed by atoms with Gasteiger partial charge in [0.15, 0.2) is 0 Å². The normalized spacial score (nSPS) is 27.9. The Balaban J connectivity index is -0.000000560. The molecule has 3 aliphatic heterocycles. The first kappa shape index (κ1) is 57.7. The molecule has 6 fully saturated rings. The van der Waals surface area contributed by atoms with Crippen molar-refractivity contribution in [3.8, 4) is 0 Å². The Bertz CT molecular complexity index is 804. The summed E-state index contributed by atoms with van der Waals surface area (Å²) in [5.41, 5.74) is 13.8. The van der Waals surface area contributed by atoms with Crippen molar-refractivity contribution in [2.45, 2.75) is 180 Å². The fraction of sp³-hybridized carbons (Fsp3) is 1.00. The van der Waals surface area contributed by atoms with Gasteiger partial charge in [0.25, 0.3) is 0 Å². The first-order valence-corrected chi connectivity index (χ1v) is 21.7. The maximum atomic E-state index is 8.83. The van der Waals surface area contributed by atoms with E-state index < -0.39 is 0 Å². The van der Waals surface area contributed by atoms with Gasteiger partial charge in [-0.15, -0.1) is 0 Å². The SMILES string of the molecule is C.CC1CCCCC1.CC1CCCCC1.CC1CCCCC1.CO.N[C@H]1C[C@@H](CO)N(P)C1.OC[C@@H]1CCCN1P.[B].[N-]=[N+]=N[C@H]1C[C@@H](CO)N(P)C1. The lowest BCUT2D eigenvalue weighted by Gasteiger charge is -2.15. The molecule has 0 aromatic rings. The van der Waals surface area contributed by atoms with Gasteiger partial charge in [-0.2, -0.15) is 0 Å². The van der Waals surface area contributed by atoms with Crippen LogP contribution in [0.2, 0.25) is 0 Å². The molecule has 11 nitrogen and oxygen atoms in total. The lowest BCUT2D eigenvalue weighted by atomic mass is 9.91. The minimum atomic E-state index is 0. The Hall–Kier alpha value is 0.345. The van der Waals surface area contributed by atoms with E-state index in [-0.39, 0.29) is 53.2 Å². The second-order valence-electron chi connectivity index (χ2n) is 15.6. The molecule has 8 atom stereocenters. The number of azide groups is 1. The van der Waals surface area contributed by atoms with Gasteiger partial charge in [0.1, 0.15) is 0 Å². The van der Waals surface area contributed by atoms with Crippen molar-refractivity contribution in [2.24, 2.45) is 28.6 Å². The van der Waals surface area contributed by atoms with E-state index in [0.717, 1.165) is 63.8 Å². The summed E-state index contributed by atoms with van der Waals surface area (Å²) in [6.45, 7) is 10.5. The van der Waals surface area contributed by atoms with Crippen LogP contribution in [0.4, 0.5) is 0 Å². The van der Waals surface area contributed by atoms with Crippen molar-refractivity contribution in [1.29, 1.82) is 0 Å². The second kappa shape index (κ2) is 37.9. The molecule has 15 heteroatoms. The molecule has 53 heavy (non-hydrogen) atoms. The molecule has 6 aliphatic rings. The van der Waals surface area contributed by atoms with Crippen molar-refractivity contribution in [1.82, 2.24) is 14.0 Å². The van der Waals surface area contributed by atoms with E-state index in [2.05, 4.69) is 63.6 Å². The van der Waals surface area contributed by atoms with Crippen molar-refractivity contribution in [3.63, 3.8) is 0 Å². The average Bonchev–Trinajstić information content (AvgIpc) is 3.83. The van der Waals surface area contributed by atoms with Gasteiger partial charge >= 0.3 is 0 Å². The smallest absolute Gasteiger partial charge is 0.0590 e. The van der Waals surface area contributed by atoms with Gasteiger partial charge in [0.2, 0.25) is 0 Å². The zero-order chi connectivity index (χ0) is 38.4. The zero-order valence-corrected chi connectivity index (χ0v) is 37.1. The summed E-state index contributed by atoms with van der Waals surface area (Å²) in [6, 6.07) is 1.09. The van der Waals surface area contributed by atoms with Gasteiger partial charge in [-0.3, -0.25) is 14.0 Å². The van der Waals surface area contributed by atoms with Crippen LogP contribution in [0, 0.1) is 17.8 Å². The molecular formula is C38H86BN7O4P3. The topological polar surface area (TPSA) is 165 Å². The van der Waals surface area contributed by atoms with Crippen LogP contribution in [0.15, 0.2) is 5.11 Å². The molecule has 0 bridgehead atoms. The van der Waals surface area contributed by atoms with Crippen LogP contribution in [-0.2, 0) is 0 Å². The summed E-state index contributed by atoms with van der Waals surface area (Å²) in [5.74, 6) is 3.11. The van der Waals surface area contributed by atoms with Crippen LogP contribution in [0.5, 0.6) is 0 Å². The molecule has 3 aliphatic carbocycles. The summed E-state index contributed by atoms with van der Waals surface area (Å²) in [7, 11) is 8.72. The monoisotopic (exact) mass is 809 g/mol. The van der Waals surface area contributed by atoms with Gasteiger partial charge < -0.3 is 26.2 Å². The third-order valence-electron chi connectivity index (χ3n) is 10.9. The van der Waals surface area contributed by atoms with E-state index in [1.54, 1.807) is 0 Å². The molecule has 3 saturated heterocycles. The van der Waals surface area contributed by atoms with Crippen LogP contribution in [0.1, 0.15) is 150 Å². The lowest BCUT2D eigenvalue weighted by Crippen LogP contribution is -2.23. The van der Waals surface area contributed by atoms with Crippen LogP contribution in [0.3, 0.4) is 0 Å². The van der Waals surface area contributed by atoms with Crippen molar-refractivity contribution in [2.75, 3.05) is 46.6 Å². The molecule has 3 unspecified atom stereocenters. The highest BCUT2D eigenvalue weighted by atomic mass is 31.0. The van der Waals surface area contributed by atoms with Crippen molar-refractivity contribution in [3.05, 3.63) is 10.4 Å². The first-order valence-electron chi connectivity index (χ1n) is 20.1. The van der Waals surface area contributed by atoms with E-state index in [9.17, 15) is 0 Å². The Morgan fingerprint density at radius 1 is 0.604 bits per heavy atom. The molecule has 0 aromatic carbocycles. The maximum absolute atomic E-state index is 8.83. The maximum Gasteiger partial charge on any atom is 0.0590 e. The molecule has 0 amide bonds. The summed E-state index contributed by atoms with van der Waals surface area (Å²) in [6.07, 6.45) is 26.4. The number of aliphatic hydroxyl groups excluding tert-OH is 4. The highest BCUT2D eigenvalue weighted by Crippen LogP contribution is 2.25. The Morgan fingerprint density at radius 3 is 1.19 bits per heavy atom. The molecule has 0 aromatic heterocycles. The number of hydrogen-bond acceptors (Lipinski definition) is 9. The fourth-order valence-electron chi connectivity index (χ4n) is 7.39. The molecule has 3 saturated carbocycles. The molecular weight excluding hydrogens is 722 g/mol. The minimum Gasteiger partial charge on any atom is -0.400 e. The van der Waals surface area contributed by atoms with Gasteiger partial charge in [0, 0.05) is 64.2 Å². The number of aliphatic hydroxyl groups is 4. The first-order chi connectivity index (χ1) is 24.5. The van der Waals surface area contributed by atoms with Gasteiger partial charge in [-0.25, -0.2) is 0 Å². The number of rotatable bonds is 4. The van der Waals surface area contributed by atoms with Gasteiger partial charge in [-0.05, 0) is 49.0 Å². The number of nitrogens with two attached hydrogens (primary N) is 1. The van der Waals surface area contributed by atoms with E-state index in [0.29, 0.717) is 12.6 Å². The average molecular weight is 809 g/mol. The number of nitrogens with zero attached hydrogens (tertiary/aromatic N) is 6. The predicted octanol–water partition coefficient (Wildman–Crippen LogP) is 7.55. The molecule has 6 rings (SSSR count). The summed E-state index contributed by atoms with van der Waals surface area (Å²) in [5, 5.41) is 36.8. The van der Waals surface area contributed by atoms with E-state index >= 15 is 0 Å². The van der Waals surface area contributed by atoms with Crippen LogP contribution in [-0.4, -0.2) is 120 Å². The standard InChI is InChI=1S/3C7H14.C5H11N4OP.C5H13N2OP.C5H12NOP.CH4O.CH4.B/c3*1-7-5-3-2-4-6-7;6-8-7-4-1-5(3-10)9(11)2-4;6-4-1-5(3-8)7(9)2-4;7-4-5-2-1-3-6(5)8;1-2;;/h3*7H,2-6H2,1H3;4-5,10H,1-3,11H2;4-5,8H,1-3,6,9H2;5,7H,1-4,8H2;2H,1H3;1H4;/t;;;2*4-,5-;5-;;;/m...000.../s1. The van der Waals surface area contributed by atoms with Crippen LogP contribution >= 0.6 is 28.2 Å². The Morgan fingerprint density at radius 2 is 0.981 bits per heavy atom. The highest BCUT2D eigenvalue weighted by Gasteiger charge is 2.28. The van der Waals surface area contributed by atoms with Crippen LogP contribution in [0.25, 0.3) is 10.4 Å². The summed E-state index contributed by atoms with van der Waals surface area (Å²) >= 11 is 0. The summed E-state index contributed by atoms with van der Waals surface area (Å²) in [4.78, 5) is 2.73. The van der Waals surface area contributed by atoms with Gasteiger partial charge in [-0.1, -0.05) is 158 Å². The number of hydrogen-bond donors (Lipinski definition) is 5. The fourth-order valence-corrected chi connectivity index (χ4v) is 8.76. The lowest BCUT2D eigenvalue weighted by molar-refractivity contribution is 0.220. The molecule has 315 valence electrons. The predicted molar refractivity (Wildman–Crippen MR) is 239 cm³/mol. The summed E-state index contributed by atoms with van der Waals surface area (Å²) < 4.78 is 6.07. The molecule has 0 spiro atoms. The second-order valence-corrected chi connectivity index (χ2v) is 17.6. The molecule has 3 heterocycles. The van der Waals surface area contributed by atoms with E-state index in [1.807, 2.05) is 9.34 Å². The van der Waals surface area contributed by atoms with Crippen molar-refractivity contribution >= 4 is 36.6 Å². The van der Waals surface area contributed by atoms with Crippen molar-refractivity contribution < 1.29 is 20.4 Å². The Labute approximate surface area is 336 Å². The highest BCUT2D eigenvalue weighted by molar-refractivity contribution is 7.13. The zero-order valence-electron chi connectivity index (χ0n) is 33.7. The molecule has 6 N–H and O–H groups in total. The van der Waals surface area contributed by atoms with E-state index in [1.165, 1.54) is 103 Å². The Kier molecular flexibility index (Phi) is 41.2. The minimum absolute atomic E-state index is 0. The molecule has 3 radical (unpaired) electrons. The van der Waals surface area contributed by atoms with Crippen LogP contribution < -0.4 is 5.73 Å². The third-order valence-corrected chi connectivity index (χ3v) is 12.8.